The number of nitrogens with one attached hydrogen (secondary N) is 1. The van der Waals surface area contributed by atoms with E-state index in [2.05, 4.69) is 26.1 Å². The maximum atomic E-state index is 5.30. The van der Waals surface area contributed by atoms with Crippen LogP contribution < -0.4 is 5.32 Å². The number of hydrogen-bond donors (Lipinski definition) is 1. The molecule has 0 saturated heterocycles. The summed E-state index contributed by atoms with van der Waals surface area (Å²) in [4.78, 5) is 6.13. The van der Waals surface area contributed by atoms with Crippen LogP contribution in [-0.2, 0) is 24.1 Å². The molecular weight excluding hydrogens is 232 g/mol. The lowest BCUT2D eigenvalue weighted by Crippen LogP contribution is -2.11. The van der Waals surface area contributed by atoms with E-state index >= 15 is 0 Å². The molecule has 0 saturated carbocycles. The highest BCUT2D eigenvalue weighted by atomic mass is 32.1. The number of methoxy groups -OCH3 is 1. The predicted octanol–water partition coefficient (Wildman–Crippen LogP) is 2.78. The molecule has 1 N–H and O–H groups in total. The number of ether oxygens (including phenoxy) is 1. The van der Waals surface area contributed by atoms with Gasteiger partial charge in [0, 0.05) is 25.0 Å². The lowest BCUT2D eigenvalue weighted by Gasteiger charge is -2.05. The lowest BCUT2D eigenvalue weighted by molar-refractivity contribution is 0.118. The first-order valence-electron chi connectivity index (χ1n) is 6.42. The third kappa shape index (κ3) is 4.74. The first-order chi connectivity index (χ1) is 8.21. The number of rotatable bonds is 8. The van der Waals surface area contributed by atoms with E-state index in [1.807, 2.05) is 11.3 Å². The minimum absolute atomic E-state index is 0.252. The van der Waals surface area contributed by atoms with Gasteiger partial charge in [-0.15, -0.1) is 11.3 Å². The van der Waals surface area contributed by atoms with Crippen molar-refractivity contribution in [3.8, 4) is 0 Å². The van der Waals surface area contributed by atoms with Crippen LogP contribution in [0.1, 0.15) is 42.8 Å². The molecule has 1 atom stereocenters. The first kappa shape index (κ1) is 14.6. The van der Waals surface area contributed by atoms with Gasteiger partial charge in [-0.2, -0.15) is 0 Å². The average molecular weight is 256 g/mol. The van der Waals surface area contributed by atoms with E-state index in [4.69, 9.17) is 9.72 Å². The Kier molecular flexibility index (Phi) is 6.70. The summed E-state index contributed by atoms with van der Waals surface area (Å²) in [6, 6.07) is 0. The van der Waals surface area contributed by atoms with Gasteiger partial charge in [0.25, 0.3) is 0 Å². The fourth-order valence-corrected chi connectivity index (χ4v) is 2.86. The zero-order valence-corrected chi connectivity index (χ0v) is 12.2. The molecule has 1 unspecified atom stereocenters. The molecule has 0 fully saturated rings. The molecule has 1 aromatic rings. The topological polar surface area (TPSA) is 34.1 Å². The second-order valence-corrected chi connectivity index (χ2v) is 5.43. The minimum atomic E-state index is 0.252. The smallest absolute Gasteiger partial charge is 0.0957 e. The van der Waals surface area contributed by atoms with Gasteiger partial charge in [0.2, 0.25) is 0 Å². The summed E-state index contributed by atoms with van der Waals surface area (Å²) in [7, 11) is 1.75. The van der Waals surface area contributed by atoms with Crippen LogP contribution in [0.5, 0.6) is 0 Å². The van der Waals surface area contributed by atoms with Gasteiger partial charge >= 0.3 is 0 Å². The van der Waals surface area contributed by atoms with Crippen molar-refractivity contribution in [3.05, 3.63) is 15.6 Å². The molecule has 0 aliphatic carbocycles. The molecule has 0 aliphatic heterocycles. The van der Waals surface area contributed by atoms with Crippen molar-refractivity contribution in [1.29, 1.82) is 0 Å². The Morgan fingerprint density at radius 1 is 1.41 bits per heavy atom. The SMILES string of the molecule is CCCc1nc(CC(C)OC)sc1CNCC. The molecule has 1 aromatic heterocycles. The molecule has 0 spiro atoms. The zero-order chi connectivity index (χ0) is 12.7. The lowest BCUT2D eigenvalue weighted by atomic mass is 10.2. The zero-order valence-electron chi connectivity index (χ0n) is 11.4. The number of thiazole rings is 1. The van der Waals surface area contributed by atoms with Gasteiger partial charge in [0.1, 0.15) is 0 Å². The minimum Gasteiger partial charge on any atom is -0.381 e. The summed E-state index contributed by atoms with van der Waals surface area (Å²) >= 11 is 1.83. The standard InChI is InChI=1S/C13H24N2OS/c1-5-7-11-12(9-14-6-2)17-13(15-11)8-10(3)16-4/h10,14H,5-9H2,1-4H3. The van der Waals surface area contributed by atoms with Crippen LogP contribution in [0.4, 0.5) is 0 Å². The number of aryl methyl sites for hydroxylation is 1. The molecular formula is C13H24N2OS. The summed E-state index contributed by atoms with van der Waals surface area (Å²) in [6.07, 6.45) is 3.41. The van der Waals surface area contributed by atoms with Gasteiger partial charge in [-0.25, -0.2) is 4.98 Å². The van der Waals surface area contributed by atoms with Crippen LogP contribution >= 0.6 is 11.3 Å². The Bertz CT molecular complexity index is 325. The van der Waals surface area contributed by atoms with Crippen molar-refractivity contribution in [1.82, 2.24) is 10.3 Å². The summed E-state index contributed by atoms with van der Waals surface area (Å²) in [5.74, 6) is 0. The van der Waals surface area contributed by atoms with Crippen LogP contribution in [0.2, 0.25) is 0 Å². The third-order valence-electron chi connectivity index (χ3n) is 2.71. The van der Waals surface area contributed by atoms with Gasteiger partial charge in [-0.3, -0.25) is 0 Å². The van der Waals surface area contributed by atoms with Crippen molar-refractivity contribution in [2.24, 2.45) is 0 Å². The van der Waals surface area contributed by atoms with Crippen molar-refractivity contribution < 1.29 is 4.74 Å². The highest BCUT2D eigenvalue weighted by molar-refractivity contribution is 7.11. The molecule has 4 heteroatoms. The second-order valence-electron chi connectivity index (χ2n) is 4.26. The normalized spacial score (nSPS) is 12.9. The Balaban J connectivity index is 2.72. The quantitative estimate of drug-likeness (QED) is 0.776. The maximum Gasteiger partial charge on any atom is 0.0957 e. The van der Waals surface area contributed by atoms with Crippen molar-refractivity contribution in [2.75, 3.05) is 13.7 Å². The molecule has 0 aromatic carbocycles. The summed E-state index contributed by atoms with van der Waals surface area (Å²) in [5.41, 5.74) is 1.27. The fraction of sp³-hybridized carbons (Fsp3) is 0.769. The fourth-order valence-electron chi connectivity index (χ4n) is 1.66. The van der Waals surface area contributed by atoms with E-state index < -0.39 is 0 Å². The molecule has 0 aliphatic rings. The van der Waals surface area contributed by atoms with E-state index in [1.54, 1.807) is 7.11 Å². The summed E-state index contributed by atoms with van der Waals surface area (Å²) in [6.45, 7) is 8.38. The molecule has 0 bridgehead atoms. The van der Waals surface area contributed by atoms with Crippen LogP contribution in [0.15, 0.2) is 0 Å². The maximum absolute atomic E-state index is 5.30. The predicted molar refractivity (Wildman–Crippen MR) is 73.7 cm³/mol. The van der Waals surface area contributed by atoms with E-state index in [-0.39, 0.29) is 6.10 Å². The van der Waals surface area contributed by atoms with E-state index in [9.17, 15) is 0 Å². The van der Waals surface area contributed by atoms with E-state index in [0.717, 1.165) is 32.4 Å². The third-order valence-corrected chi connectivity index (χ3v) is 3.83. The molecule has 1 heterocycles. The highest BCUT2D eigenvalue weighted by Gasteiger charge is 2.12. The average Bonchev–Trinajstić information content (AvgIpc) is 2.69. The Morgan fingerprint density at radius 3 is 2.76 bits per heavy atom. The largest absolute Gasteiger partial charge is 0.381 e. The van der Waals surface area contributed by atoms with Crippen molar-refractivity contribution in [3.63, 3.8) is 0 Å². The van der Waals surface area contributed by atoms with Gasteiger partial charge in [0.15, 0.2) is 0 Å². The first-order valence-corrected chi connectivity index (χ1v) is 7.23. The van der Waals surface area contributed by atoms with Crippen molar-refractivity contribution >= 4 is 11.3 Å². The van der Waals surface area contributed by atoms with Crippen LogP contribution in [0.25, 0.3) is 0 Å². The van der Waals surface area contributed by atoms with Crippen LogP contribution in [0.3, 0.4) is 0 Å². The van der Waals surface area contributed by atoms with Gasteiger partial charge in [-0.05, 0) is 19.9 Å². The van der Waals surface area contributed by atoms with Gasteiger partial charge in [0.05, 0.1) is 16.8 Å². The molecule has 98 valence electrons. The van der Waals surface area contributed by atoms with Crippen molar-refractivity contribution in [2.45, 2.75) is 52.7 Å². The number of hydrogen-bond acceptors (Lipinski definition) is 4. The van der Waals surface area contributed by atoms with E-state index in [0.29, 0.717) is 0 Å². The molecule has 0 radical (unpaired) electrons. The van der Waals surface area contributed by atoms with Crippen LogP contribution in [0, 0.1) is 0 Å². The Morgan fingerprint density at radius 2 is 2.18 bits per heavy atom. The summed E-state index contributed by atoms with van der Waals surface area (Å²) in [5, 5.41) is 4.59. The Labute approximate surface area is 109 Å². The van der Waals surface area contributed by atoms with Gasteiger partial charge < -0.3 is 10.1 Å². The molecule has 1 rings (SSSR count). The summed E-state index contributed by atoms with van der Waals surface area (Å²) < 4.78 is 5.30. The molecule has 3 nitrogen and oxygen atoms in total. The molecule has 17 heavy (non-hydrogen) atoms. The number of nitrogens with zero attached hydrogens (tertiary/aromatic N) is 1. The number of aromatic nitrogens is 1. The monoisotopic (exact) mass is 256 g/mol. The highest BCUT2D eigenvalue weighted by Crippen LogP contribution is 2.21. The molecule has 0 amide bonds. The Hall–Kier alpha value is -0.450. The van der Waals surface area contributed by atoms with Crippen LogP contribution in [-0.4, -0.2) is 24.7 Å². The second kappa shape index (κ2) is 7.80. The van der Waals surface area contributed by atoms with E-state index in [1.165, 1.54) is 15.6 Å². The van der Waals surface area contributed by atoms with Gasteiger partial charge in [-0.1, -0.05) is 20.3 Å².